The number of methoxy groups -OCH3 is 1. The highest BCUT2D eigenvalue weighted by atomic mass is 16.5. The normalized spacial score (nSPS) is 19.7. The van der Waals surface area contributed by atoms with Gasteiger partial charge in [0.2, 0.25) is 5.91 Å². The number of morpholine rings is 1. The van der Waals surface area contributed by atoms with Crippen molar-refractivity contribution in [1.29, 1.82) is 0 Å². The van der Waals surface area contributed by atoms with E-state index in [1.807, 2.05) is 17.0 Å². The summed E-state index contributed by atoms with van der Waals surface area (Å²) in [7, 11) is 1.67. The van der Waals surface area contributed by atoms with E-state index in [9.17, 15) is 4.79 Å². The highest BCUT2D eigenvalue weighted by Crippen LogP contribution is 2.20. The molecule has 0 aliphatic carbocycles. The Morgan fingerprint density at radius 2 is 1.70 bits per heavy atom. The Balaban J connectivity index is 1.48. The highest BCUT2D eigenvalue weighted by molar-refractivity contribution is 5.78. The fourth-order valence-corrected chi connectivity index (χ4v) is 3.06. The van der Waals surface area contributed by atoms with Gasteiger partial charge in [0, 0.05) is 45.0 Å². The van der Waals surface area contributed by atoms with Crippen molar-refractivity contribution in [3.63, 3.8) is 0 Å². The zero-order valence-corrected chi connectivity index (χ0v) is 13.7. The van der Waals surface area contributed by atoms with Gasteiger partial charge in [-0.2, -0.15) is 0 Å². The molecule has 0 unspecified atom stereocenters. The molecule has 0 spiro atoms. The Kier molecular flexibility index (Phi) is 5.35. The molecular formula is C17H25N3O3. The summed E-state index contributed by atoms with van der Waals surface area (Å²) in [6.07, 6.45) is 0. The van der Waals surface area contributed by atoms with Gasteiger partial charge < -0.3 is 19.3 Å². The lowest BCUT2D eigenvalue weighted by atomic mass is 10.2. The molecule has 2 aliphatic rings. The van der Waals surface area contributed by atoms with Crippen LogP contribution in [-0.4, -0.2) is 81.8 Å². The number of benzene rings is 1. The second-order valence-electron chi connectivity index (χ2n) is 5.95. The smallest absolute Gasteiger partial charge is 0.236 e. The van der Waals surface area contributed by atoms with Crippen LogP contribution < -0.4 is 9.64 Å². The molecule has 126 valence electrons. The number of hydrogen-bond donors (Lipinski definition) is 0. The number of anilines is 1. The number of amides is 1. The molecule has 2 heterocycles. The SMILES string of the molecule is COc1ccc(N2CCN(C(=O)CN3CCOCC3)CC2)cc1. The van der Waals surface area contributed by atoms with Gasteiger partial charge in [-0.15, -0.1) is 0 Å². The maximum Gasteiger partial charge on any atom is 0.236 e. The lowest BCUT2D eigenvalue weighted by molar-refractivity contribution is -0.133. The van der Waals surface area contributed by atoms with Gasteiger partial charge in [-0.05, 0) is 24.3 Å². The van der Waals surface area contributed by atoms with Gasteiger partial charge in [-0.25, -0.2) is 0 Å². The van der Waals surface area contributed by atoms with Crippen molar-refractivity contribution < 1.29 is 14.3 Å². The molecule has 2 fully saturated rings. The number of hydrogen-bond acceptors (Lipinski definition) is 5. The van der Waals surface area contributed by atoms with Gasteiger partial charge in [0.15, 0.2) is 0 Å². The Bertz CT molecular complexity index is 506. The van der Waals surface area contributed by atoms with E-state index in [2.05, 4.69) is 21.9 Å². The average molecular weight is 319 g/mol. The molecule has 1 aromatic rings. The van der Waals surface area contributed by atoms with Crippen LogP contribution in [0.2, 0.25) is 0 Å². The Morgan fingerprint density at radius 1 is 1.04 bits per heavy atom. The summed E-state index contributed by atoms with van der Waals surface area (Å²) in [4.78, 5) is 18.9. The molecule has 1 aromatic carbocycles. The number of nitrogens with zero attached hydrogens (tertiary/aromatic N) is 3. The summed E-state index contributed by atoms with van der Waals surface area (Å²) in [5, 5.41) is 0. The first-order valence-corrected chi connectivity index (χ1v) is 8.23. The third-order valence-electron chi connectivity index (χ3n) is 4.53. The fourth-order valence-electron chi connectivity index (χ4n) is 3.06. The molecule has 0 atom stereocenters. The van der Waals surface area contributed by atoms with Gasteiger partial charge in [0.1, 0.15) is 5.75 Å². The zero-order valence-electron chi connectivity index (χ0n) is 13.7. The van der Waals surface area contributed by atoms with E-state index in [1.54, 1.807) is 7.11 Å². The van der Waals surface area contributed by atoms with E-state index in [0.29, 0.717) is 6.54 Å². The van der Waals surface area contributed by atoms with Gasteiger partial charge in [0.05, 0.1) is 26.9 Å². The number of ether oxygens (including phenoxy) is 2. The predicted octanol–water partition coefficient (Wildman–Crippen LogP) is 0.676. The quantitative estimate of drug-likeness (QED) is 0.816. The molecular weight excluding hydrogens is 294 g/mol. The largest absolute Gasteiger partial charge is 0.497 e. The first-order valence-electron chi connectivity index (χ1n) is 8.23. The minimum absolute atomic E-state index is 0.237. The number of piperazine rings is 1. The van der Waals surface area contributed by atoms with Gasteiger partial charge in [-0.1, -0.05) is 0 Å². The van der Waals surface area contributed by atoms with Crippen LogP contribution in [0, 0.1) is 0 Å². The molecule has 0 aromatic heterocycles. The van der Waals surface area contributed by atoms with E-state index in [0.717, 1.165) is 58.2 Å². The third kappa shape index (κ3) is 4.14. The Morgan fingerprint density at radius 3 is 2.30 bits per heavy atom. The maximum absolute atomic E-state index is 12.4. The summed E-state index contributed by atoms with van der Waals surface area (Å²) in [5.74, 6) is 1.11. The van der Waals surface area contributed by atoms with Crippen molar-refractivity contribution in [3.05, 3.63) is 24.3 Å². The minimum Gasteiger partial charge on any atom is -0.497 e. The topological polar surface area (TPSA) is 45.2 Å². The minimum atomic E-state index is 0.237. The molecule has 0 N–H and O–H groups in total. The van der Waals surface area contributed by atoms with Crippen LogP contribution in [0.5, 0.6) is 5.75 Å². The Hall–Kier alpha value is -1.79. The maximum atomic E-state index is 12.4. The average Bonchev–Trinajstić information content (AvgIpc) is 2.63. The van der Waals surface area contributed by atoms with Crippen LogP contribution in [0.4, 0.5) is 5.69 Å². The van der Waals surface area contributed by atoms with Gasteiger partial charge in [-0.3, -0.25) is 9.69 Å². The third-order valence-corrected chi connectivity index (χ3v) is 4.53. The number of carbonyl (C=O) groups is 1. The second kappa shape index (κ2) is 7.66. The summed E-state index contributed by atoms with van der Waals surface area (Å²) < 4.78 is 10.5. The standard InChI is InChI=1S/C17H25N3O3/c1-22-16-4-2-15(3-5-16)19-6-8-20(9-7-19)17(21)14-18-10-12-23-13-11-18/h2-5H,6-14H2,1H3. The van der Waals surface area contributed by atoms with E-state index >= 15 is 0 Å². The lowest BCUT2D eigenvalue weighted by Crippen LogP contribution is -2.52. The number of rotatable bonds is 4. The molecule has 6 nitrogen and oxygen atoms in total. The Labute approximate surface area is 137 Å². The fraction of sp³-hybridized carbons (Fsp3) is 0.588. The zero-order chi connectivity index (χ0) is 16.1. The van der Waals surface area contributed by atoms with Crippen LogP contribution >= 0.6 is 0 Å². The molecule has 0 saturated carbocycles. The molecule has 0 radical (unpaired) electrons. The van der Waals surface area contributed by atoms with Crippen molar-refractivity contribution in [1.82, 2.24) is 9.80 Å². The number of carbonyl (C=O) groups excluding carboxylic acids is 1. The van der Waals surface area contributed by atoms with Crippen LogP contribution in [0.15, 0.2) is 24.3 Å². The van der Waals surface area contributed by atoms with E-state index in [-0.39, 0.29) is 5.91 Å². The molecule has 3 rings (SSSR count). The molecule has 2 saturated heterocycles. The van der Waals surface area contributed by atoms with Gasteiger partial charge >= 0.3 is 0 Å². The highest BCUT2D eigenvalue weighted by Gasteiger charge is 2.23. The second-order valence-corrected chi connectivity index (χ2v) is 5.95. The van der Waals surface area contributed by atoms with Crippen LogP contribution in [-0.2, 0) is 9.53 Å². The molecule has 2 aliphatic heterocycles. The van der Waals surface area contributed by atoms with Gasteiger partial charge in [0.25, 0.3) is 0 Å². The molecule has 6 heteroatoms. The summed E-state index contributed by atoms with van der Waals surface area (Å²) in [6, 6.07) is 8.10. The van der Waals surface area contributed by atoms with Crippen molar-refractivity contribution in [2.24, 2.45) is 0 Å². The molecule has 0 bridgehead atoms. The van der Waals surface area contributed by atoms with Crippen LogP contribution in [0.25, 0.3) is 0 Å². The van der Waals surface area contributed by atoms with Crippen molar-refractivity contribution in [2.75, 3.05) is 71.0 Å². The molecule has 23 heavy (non-hydrogen) atoms. The van der Waals surface area contributed by atoms with Crippen LogP contribution in [0.1, 0.15) is 0 Å². The van der Waals surface area contributed by atoms with Crippen molar-refractivity contribution in [3.8, 4) is 5.75 Å². The van der Waals surface area contributed by atoms with E-state index in [1.165, 1.54) is 5.69 Å². The van der Waals surface area contributed by atoms with E-state index < -0.39 is 0 Å². The first-order chi connectivity index (χ1) is 11.3. The first kappa shape index (κ1) is 16.1. The summed E-state index contributed by atoms with van der Waals surface area (Å²) in [5.41, 5.74) is 1.19. The summed E-state index contributed by atoms with van der Waals surface area (Å²) >= 11 is 0. The van der Waals surface area contributed by atoms with Crippen LogP contribution in [0.3, 0.4) is 0 Å². The van der Waals surface area contributed by atoms with E-state index in [4.69, 9.17) is 9.47 Å². The lowest BCUT2D eigenvalue weighted by Gasteiger charge is -2.37. The predicted molar refractivity (Wildman–Crippen MR) is 89.0 cm³/mol. The molecule has 1 amide bonds. The van der Waals surface area contributed by atoms with Crippen molar-refractivity contribution >= 4 is 11.6 Å². The van der Waals surface area contributed by atoms with Crippen molar-refractivity contribution in [2.45, 2.75) is 0 Å². The monoisotopic (exact) mass is 319 g/mol. The summed E-state index contributed by atoms with van der Waals surface area (Å²) in [6.45, 7) is 7.03.